The van der Waals surface area contributed by atoms with Gasteiger partial charge in [0, 0.05) is 25.3 Å². The molecule has 266 valence electrons. The maximum atomic E-state index is 12.8. The zero-order valence-corrected chi connectivity index (χ0v) is 29.7. The third kappa shape index (κ3) is 11.8. The molecule has 52 heavy (non-hydrogen) atoms. The summed E-state index contributed by atoms with van der Waals surface area (Å²) in [5.41, 5.74) is 6.61. The van der Waals surface area contributed by atoms with E-state index in [0.29, 0.717) is 37.6 Å². The van der Waals surface area contributed by atoms with Crippen molar-refractivity contribution in [3.63, 3.8) is 0 Å². The fourth-order valence-electron chi connectivity index (χ4n) is 5.06. The molecule has 0 atom stereocenters. The molecule has 0 aromatic heterocycles. The summed E-state index contributed by atoms with van der Waals surface area (Å²) in [6.45, 7) is 5.26. The van der Waals surface area contributed by atoms with E-state index in [4.69, 9.17) is 18.9 Å². The van der Waals surface area contributed by atoms with E-state index in [1.807, 2.05) is 85.2 Å². The summed E-state index contributed by atoms with van der Waals surface area (Å²) in [7, 11) is 0. The van der Waals surface area contributed by atoms with Crippen LogP contribution in [0.4, 0.5) is 11.4 Å². The Bertz CT molecular complexity index is 1770. The summed E-state index contributed by atoms with van der Waals surface area (Å²) in [6.07, 6.45) is 6.61. The van der Waals surface area contributed by atoms with Gasteiger partial charge in [0.25, 0.3) is 0 Å². The van der Waals surface area contributed by atoms with E-state index >= 15 is 0 Å². The van der Waals surface area contributed by atoms with Crippen LogP contribution >= 0.6 is 0 Å². The second kappa shape index (κ2) is 20.0. The molecule has 0 aliphatic rings. The lowest BCUT2D eigenvalue weighted by molar-refractivity contribution is 0.0438. The third-order valence-electron chi connectivity index (χ3n) is 8.12. The third-order valence-corrected chi connectivity index (χ3v) is 8.12. The van der Waals surface area contributed by atoms with E-state index in [1.165, 1.54) is 11.1 Å². The first-order valence-electron chi connectivity index (χ1n) is 17.7. The first-order valence-corrected chi connectivity index (χ1v) is 17.7. The minimum absolute atomic E-state index is 0.141. The minimum Gasteiger partial charge on any atom is -0.493 e. The molecular formula is C44H44N2O6. The predicted molar refractivity (Wildman–Crippen MR) is 206 cm³/mol. The van der Waals surface area contributed by atoms with Crippen LogP contribution in [-0.2, 0) is 22.3 Å². The van der Waals surface area contributed by atoms with Crippen molar-refractivity contribution in [3.05, 3.63) is 155 Å². The molecule has 0 unspecified atom stereocenters. The molecule has 0 N–H and O–H groups in total. The molecule has 0 saturated heterocycles. The van der Waals surface area contributed by atoms with E-state index in [2.05, 4.69) is 48.1 Å². The van der Waals surface area contributed by atoms with Crippen molar-refractivity contribution in [2.24, 2.45) is 9.98 Å². The van der Waals surface area contributed by atoms with Gasteiger partial charge in [0.15, 0.2) is 0 Å². The van der Waals surface area contributed by atoms with Gasteiger partial charge in [0.05, 0.1) is 48.9 Å². The van der Waals surface area contributed by atoms with Gasteiger partial charge in [-0.05, 0) is 120 Å². The second-order valence-electron chi connectivity index (χ2n) is 11.9. The van der Waals surface area contributed by atoms with E-state index in [0.717, 1.165) is 35.3 Å². The molecule has 0 amide bonds. The number of esters is 2. The number of hydrogen-bond donors (Lipinski definition) is 0. The van der Waals surface area contributed by atoms with Crippen LogP contribution in [0.25, 0.3) is 0 Å². The van der Waals surface area contributed by atoms with E-state index in [-0.39, 0.29) is 24.3 Å². The highest BCUT2D eigenvalue weighted by Crippen LogP contribution is 2.18. The predicted octanol–water partition coefficient (Wildman–Crippen LogP) is 9.56. The number of rotatable bonds is 18. The maximum absolute atomic E-state index is 12.8. The molecule has 0 heterocycles. The van der Waals surface area contributed by atoms with Crippen LogP contribution < -0.4 is 9.47 Å². The zero-order chi connectivity index (χ0) is 36.4. The molecule has 5 rings (SSSR count). The average molecular weight is 697 g/mol. The van der Waals surface area contributed by atoms with Gasteiger partial charge >= 0.3 is 11.9 Å². The molecule has 8 nitrogen and oxygen atoms in total. The molecule has 0 saturated carbocycles. The molecule has 5 aromatic rings. The van der Waals surface area contributed by atoms with Crippen LogP contribution in [0.15, 0.2) is 131 Å². The number of hydrogen-bond acceptors (Lipinski definition) is 8. The van der Waals surface area contributed by atoms with Crippen molar-refractivity contribution in [3.8, 4) is 11.5 Å². The van der Waals surface area contributed by atoms with Gasteiger partial charge in [-0.3, -0.25) is 9.98 Å². The smallest absolute Gasteiger partial charge is 0.339 e. The summed E-state index contributed by atoms with van der Waals surface area (Å²) >= 11 is 0. The highest BCUT2D eigenvalue weighted by atomic mass is 16.5. The van der Waals surface area contributed by atoms with Gasteiger partial charge in [-0.1, -0.05) is 50.2 Å². The Morgan fingerprint density at radius 1 is 0.500 bits per heavy atom. The number of aliphatic imine (C=N–C) groups is 2. The van der Waals surface area contributed by atoms with E-state index in [9.17, 15) is 9.59 Å². The van der Waals surface area contributed by atoms with Crippen molar-refractivity contribution in [2.45, 2.75) is 39.5 Å². The van der Waals surface area contributed by atoms with Crippen molar-refractivity contribution in [1.82, 2.24) is 0 Å². The van der Waals surface area contributed by atoms with Gasteiger partial charge in [-0.15, -0.1) is 0 Å². The quantitative estimate of drug-likeness (QED) is 0.0515. The second-order valence-corrected chi connectivity index (χ2v) is 11.9. The van der Waals surface area contributed by atoms with Crippen molar-refractivity contribution in [2.75, 3.05) is 26.4 Å². The minimum atomic E-state index is -0.591. The number of aryl methyl sites for hydroxylation is 2. The van der Waals surface area contributed by atoms with Gasteiger partial charge in [-0.25, -0.2) is 9.59 Å². The summed E-state index contributed by atoms with van der Waals surface area (Å²) in [4.78, 5) is 34.7. The monoisotopic (exact) mass is 696 g/mol. The number of nitrogens with zero attached hydrogens (tertiary/aromatic N) is 2. The summed E-state index contributed by atoms with van der Waals surface area (Å²) in [6, 6.07) is 38.1. The van der Waals surface area contributed by atoms with Crippen molar-refractivity contribution < 1.29 is 28.5 Å². The fourth-order valence-corrected chi connectivity index (χ4v) is 5.06. The first-order chi connectivity index (χ1) is 25.5. The number of benzene rings is 5. The van der Waals surface area contributed by atoms with Crippen LogP contribution in [0.2, 0.25) is 0 Å². The fraction of sp³-hybridized carbons (Fsp3) is 0.227. The van der Waals surface area contributed by atoms with E-state index < -0.39 is 11.9 Å². The Hall–Kier alpha value is -6.02. The molecule has 0 radical (unpaired) electrons. The summed E-state index contributed by atoms with van der Waals surface area (Å²) < 4.78 is 22.5. The van der Waals surface area contributed by atoms with Gasteiger partial charge in [-0.2, -0.15) is 0 Å². The molecule has 0 fully saturated rings. The van der Waals surface area contributed by atoms with Crippen molar-refractivity contribution >= 4 is 35.7 Å². The summed E-state index contributed by atoms with van der Waals surface area (Å²) in [5, 5.41) is 0. The van der Waals surface area contributed by atoms with E-state index in [1.54, 1.807) is 24.3 Å². The highest BCUT2D eigenvalue weighted by Gasteiger charge is 2.19. The van der Waals surface area contributed by atoms with Crippen LogP contribution in [-0.4, -0.2) is 50.8 Å². The molecule has 0 bridgehead atoms. The van der Waals surface area contributed by atoms with Gasteiger partial charge in [0.1, 0.15) is 11.5 Å². The molecular weight excluding hydrogens is 652 g/mol. The number of ether oxygens (including phenoxy) is 4. The van der Waals surface area contributed by atoms with Crippen LogP contribution in [0.1, 0.15) is 69.7 Å². The Kier molecular flexibility index (Phi) is 14.3. The lowest BCUT2D eigenvalue weighted by atomic mass is 10.1. The summed E-state index contributed by atoms with van der Waals surface area (Å²) in [5.74, 6) is 0.238. The Morgan fingerprint density at radius 2 is 0.885 bits per heavy atom. The SMILES string of the molecule is CCc1ccc(N=Cc2ccc(OCCCOC(=O)c3ccccc3C(=O)OCCCOc3ccc(C=Nc4ccc(CC)cc4)cc3)cc2)cc1. The largest absolute Gasteiger partial charge is 0.493 e. The Labute approximate surface area is 305 Å². The maximum Gasteiger partial charge on any atom is 0.339 e. The van der Waals surface area contributed by atoms with Crippen LogP contribution in [0, 0.1) is 0 Å². The highest BCUT2D eigenvalue weighted by molar-refractivity contribution is 6.03. The Balaban J connectivity index is 0.973. The molecule has 5 aromatic carbocycles. The van der Waals surface area contributed by atoms with Crippen molar-refractivity contribution in [1.29, 1.82) is 0 Å². The molecule has 0 aliphatic heterocycles. The number of carbonyl (C=O) groups is 2. The van der Waals surface area contributed by atoms with Crippen LogP contribution in [0.3, 0.4) is 0 Å². The standard InChI is InChI=1S/C44H44N2O6/c1-3-33-11-19-37(20-12-33)45-31-35-15-23-39(24-16-35)49-27-7-29-51-43(47)41-9-5-6-10-42(41)44(48)52-30-8-28-50-40-25-17-36(18-26-40)32-46-38-21-13-34(4-2)14-22-38/h5-6,9-26,31-32H,3-4,7-8,27-30H2,1-2H3. The first kappa shape index (κ1) is 37.2. The molecule has 8 heteroatoms. The lowest BCUT2D eigenvalue weighted by Gasteiger charge is -2.11. The van der Waals surface area contributed by atoms with Gasteiger partial charge < -0.3 is 18.9 Å². The average Bonchev–Trinajstić information content (AvgIpc) is 3.20. The van der Waals surface area contributed by atoms with Crippen LogP contribution in [0.5, 0.6) is 11.5 Å². The van der Waals surface area contributed by atoms with Gasteiger partial charge in [0.2, 0.25) is 0 Å². The Morgan fingerprint density at radius 3 is 1.25 bits per heavy atom. The molecule has 0 aliphatic carbocycles. The zero-order valence-electron chi connectivity index (χ0n) is 29.7. The lowest BCUT2D eigenvalue weighted by Crippen LogP contribution is -2.16. The number of carbonyl (C=O) groups excluding carboxylic acids is 2. The normalized spacial score (nSPS) is 11.1. The topological polar surface area (TPSA) is 95.8 Å². The molecule has 0 spiro atoms.